The molecule has 0 aliphatic carbocycles. The third-order valence-electron chi connectivity index (χ3n) is 4.71. The summed E-state index contributed by atoms with van der Waals surface area (Å²) in [5.74, 6) is 1.95. The van der Waals surface area contributed by atoms with Crippen molar-refractivity contribution < 1.29 is 9.47 Å². The second-order valence-corrected chi connectivity index (χ2v) is 7.35. The van der Waals surface area contributed by atoms with Gasteiger partial charge in [0, 0.05) is 5.56 Å². The van der Waals surface area contributed by atoms with Crippen LogP contribution in [0.25, 0.3) is 11.4 Å². The average molecular weight is 431 g/mol. The topological polar surface area (TPSA) is 64.4 Å². The van der Waals surface area contributed by atoms with Crippen molar-refractivity contribution in [2.75, 3.05) is 7.11 Å². The van der Waals surface area contributed by atoms with Gasteiger partial charge in [0.15, 0.2) is 17.3 Å². The maximum absolute atomic E-state index is 5.92. The zero-order valence-corrected chi connectivity index (χ0v) is 18.1. The minimum Gasteiger partial charge on any atom is -0.493 e. The fraction of sp³-hybridized carbons (Fsp3) is 0.125. The second kappa shape index (κ2) is 9.40. The maximum atomic E-state index is 5.92. The van der Waals surface area contributed by atoms with Crippen molar-refractivity contribution in [2.45, 2.75) is 13.5 Å². The summed E-state index contributed by atoms with van der Waals surface area (Å²) in [6.07, 6.45) is 1.71. The van der Waals surface area contributed by atoms with Gasteiger partial charge in [0.2, 0.25) is 4.77 Å². The number of benzene rings is 3. The van der Waals surface area contributed by atoms with Gasteiger partial charge in [0.1, 0.15) is 6.61 Å². The molecule has 0 fully saturated rings. The van der Waals surface area contributed by atoms with Crippen LogP contribution in [-0.4, -0.2) is 28.2 Å². The van der Waals surface area contributed by atoms with Crippen LogP contribution in [0.15, 0.2) is 77.9 Å². The molecule has 0 aliphatic heterocycles. The lowest BCUT2D eigenvalue weighted by Crippen LogP contribution is -1.99. The standard InChI is InChI=1S/C24H22N4O2S/c1-17-8-11-20(12-9-17)23-26-27-24(31)28(23)25-15-19-10-13-21(22(14-19)29-2)30-16-18-6-4-3-5-7-18/h3-15H,16H2,1-2H3,(H,27,31)/b25-15+. The highest BCUT2D eigenvalue weighted by molar-refractivity contribution is 7.71. The first-order chi connectivity index (χ1) is 15.1. The Balaban J connectivity index is 1.55. The molecule has 4 rings (SSSR count). The lowest BCUT2D eigenvalue weighted by atomic mass is 10.1. The highest BCUT2D eigenvalue weighted by Gasteiger charge is 2.09. The fourth-order valence-electron chi connectivity index (χ4n) is 3.03. The van der Waals surface area contributed by atoms with E-state index in [1.807, 2.05) is 79.7 Å². The Morgan fingerprint density at radius 2 is 1.81 bits per heavy atom. The summed E-state index contributed by atoms with van der Waals surface area (Å²) >= 11 is 5.35. The van der Waals surface area contributed by atoms with E-state index in [0.29, 0.717) is 28.7 Å². The van der Waals surface area contributed by atoms with Gasteiger partial charge in [0.05, 0.1) is 13.3 Å². The highest BCUT2D eigenvalue weighted by Crippen LogP contribution is 2.28. The Kier molecular flexibility index (Phi) is 6.24. The molecule has 3 aromatic carbocycles. The molecule has 0 spiro atoms. The first kappa shape index (κ1) is 20.6. The molecule has 7 heteroatoms. The molecule has 156 valence electrons. The Bertz CT molecular complexity index is 1240. The Morgan fingerprint density at radius 1 is 1.03 bits per heavy atom. The van der Waals surface area contributed by atoms with Crippen molar-refractivity contribution in [1.82, 2.24) is 14.9 Å². The van der Waals surface area contributed by atoms with Crippen LogP contribution >= 0.6 is 12.2 Å². The van der Waals surface area contributed by atoms with Crippen LogP contribution in [0.3, 0.4) is 0 Å². The summed E-state index contributed by atoms with van der Waals surface area (Å²) in [6, 6.07) is 23.7. The molecular weight excluding hydrogens is 408 g/mol. The molecule has 0 saturated heterocycles. The number of nitrogens with zero attached hydrogens (tertiary/aromatic N) is 3. The first-order valence-corrected chi connectivity index (χ1v) is 10.2. The third-order valence-corrected chi connectivity index (χ3v) is 4.97. The quantitative estimate of drug-likeness (QED) is 0.316. The predicted octanol–water partition coefficient (Wildman–Crippen LogP) is 5.39. The van der Waals surface area contributed by atoms with Gasteiger partial charge in [-0.25, -0.2) is 5.10 Å². The number of hydrogen-bond acceptors (Lipinski definition) is 5. The van der Waals surface area contributed by atoms with E-state index in [9.17, 15) is 0 Å². The predicted molar refractivity (Wildman–Crippen MR) is 124 cm³/mol. The van der Waals surface area contributed by atoms with Crippen LogP contribution in [0.1, 0.15) is 16.7 Å². The number of aromatic nitrogens is 3. The average Bonchev–Trinajstić information content (AvgIpc) is 3.18. The number of H-pyrrole nitrogens is 1. The smallest absolute Gasteiger partial charge is 0.216 e. The van der Waals surface area contributed by atoms with Crippen LogP contribution < -0.4 is 9.47 Å². The van der Waals surface area contributed by atoms with Gasteiger partial charge in [0.25, 0.3) is 0 Å². The van der Waals surface area contributed by atoms with Gasteiger partial charge in [-0.05, 0) is 48.5 Å². The van der Waals surface area contributed by atoms with Gasteiger partial charge in [-0.3, -0.25) is 0 Å². The van der Waals surface area contributed by atoms with E-state index in [0.717, 1.165) is 16.7 Å². The summed E-state index contributed by atoms with van der Waals surface area (Å²) in [7, 11) is 1.62. The Morgan fingerprint density at radius 3 is 2.55 bits per heavy atom. The maximum Gasteiger partial charge on any atom is 0.216 e. The molecule has 0 unspecified atom stereocenters. The summed E-state index contributed by atoms with van der Waals surface area (Å²) in [5.41, 5.74) is 4.04. The number of ether oxygens (including phenoxy) is 2. The largest absolute Gasteiger partial charge is 0.493 e. The van der Waals surface area contributed by atoms with Crippen LogP contribution in [0, 0.1) is 11.7 Å². The number of aryl methyl sites for hydroxylation is 1. The van der Waals surface area contributed by atoms with Crippen molar-refractivity contribution in [1.29, 1.82) is 0 Å². The van der Waals surface area contributed by atoms with Crippen molar-refractivity contribution >= 4 is 18.4 Å². The molecule has 31 heavy (non-hydrogen) atoms. The van der Waals surface area contributed by atoms with Crippen molar-refractivity contribution in [3.8, 4) is 22.9 Å². The second-order valence-electron chi connectivity index (χ2n) is 6.96. The number of methoxy groups -OCH3 is 1. The van der Waals surface area contributed by atoms with Crippen LogP contribution in [-0.2, 0) is 6.61 Å². The van der Waals surface area contributed by atoms with E-state index in [4.69, 9.17) is 21.7 Å². The molecule has 4 aromatic rings. The molecular formula is C24H22N4O2S. The van der Waals surface area contributed by atoms with Crippen LogP contribution in [0.2, 0.25) is 0 Å². The lowest BCUT2D eigenvalue weighted by Gasteiger charge is -2.11. The SMILES string of the molecule is COc1cc(/C=N/n2c(-c3ccc(C)cc3)n[nH]c2=S)ccc1OCc1ccccc1. The Hall–Kier alpha value is -3.71. The number of rotatable bonds is 7. The van der Waals surface area contributed by atoms with E-state index < -0.39 is 0 Å². The normalized spacial score (nSPS) is 11.0. The molecule has 1 aromatic heterocycles. The van der Waals surface area contributed by atoms with Crippen LogP contribution in [0.4, 0.5) is 0 Å². The van der Waals surface area contributed by atoms with Gasteiger partial charge in [-0.1, -0.05) is 60.2 Å². The summed E-state index contributed by atoms with van der Waals surface area (Å²) < 4.78 is 13.4. The van der Waals surface area contributed by atoms with E-state index in [2.05, 4.69) is 15.3 Å². The van der Waals surface area contributed by atoms with E-state index in [1.165, 1.54) is 5.56 Å². The third kappa shape index (κ3) is 4.90. The van der Waals surface area contributed by atoms with E-state index in [1.54, 1.807) is 18.0 Å². The number of hydrogen-bond donors (Lipinski definition) is 1. The molecule has 6 nitrogen and oxygen atoms in total. The van der Waals surface area contributed by atoms with Gasteiger partial charge in [-0.15, -0.1) is 0 Å². The molecule has 1 heterocycles. The minimum atomic E-state index is 0.418. The summed E-state index contributed by atoms with van der Waals surface area (Å²) in [5, 5.41) is 11.7. The number of aromatic amines is 1. The molecule has 0 saturated carbocycles. The minimum absolute atomic E-state index is 0.418. The molecule has 0 atom stereocenters. The molecule has 0 radical (unpaired) electrons. The van der Waals surface area contributed by atoms with Crippen LogP contribution in [0.5, 0.6) is 11.5 Å². The van der Waals surface area contributed by atoms with Crippen molar-refractivity contribution in [3.63, 3.8) is 0 Å². The summed E-state index contributed by atoms with van der Waals surface area (Å²) in [4.78, 5) is 0. The zero-order chi connectivity index (χ0) is 21.6. The molecule has 0 amide bonds. The molecule has 0 bridgehead atoms. The monoisotopic (exact) mass is 430 g/mol. The zero-order valence-electron chi connectivity index (χ0n) is 17.3. The molecule has 1 N–H and O–H groups in total. The number of nitrogens with one attached hydrogen (secondary N) is 1. The molecule has 0 aliphatic rings. The van der Waals surface area contributed by atoms with Crippen molar-refractivity contribution in [3.05, 3.63) is 94.3 Å². The Labute approximate surface area is 185 Å². The fourth-order valence-corrected chi connectivity index (χ4v) is 3.21. The first-order valence-electron chi connectivity index (χ1n) is 9.77. The summed E-state index contributed by atoms with van der Waals surface area (Å²) in [6.45, 7) is 2.51. The van der Waals surface area contributed by atoms with Crippen molar-refractivity contribution in [2.24, 2.45) is 5.10 Å². The highest BCUT2D eigenvalue weighted by atomic mass is 32.1. The van der Waals surface area contributed by atoms with E-state index in [-0.39, 0.29) is 0 Å². The van der Waals surface area contributed by atoms with Gasteiger partial charge < -0.3 is 9.47 Å². The van der Waals surface area contributed by atoms with E-state index >= 15 is 0 Å². The van der Waals surface area contributed by atoms with Gasteiger partial charge >= 0.3 is 0 Å². The van der Waals surface area contributed by atoms with Gasteiger partial charge in [-0.2, -0.15) is 14.9 Å². The lowest BCUT2D eigenvalue weighted by molar-refractivity contribution is 0.284.